The molecule has 4 heterocycles. The fourth-order valence-electron chi connectivity index (χ4n) is 5.23. The molecule has 5 rings (SSSR count). The van der Waals surface area contributed by atoms with Crippen molar-refractivity contribution in [3.63, 3.8) is 0 Å². The molecule has 234 valence electrons. The van der Waals surface area contributed by atoms with Crippen molar-refractivity contribution >= 4 is 28.4 Å². The van der Waals surface area contributed by atoms with E-state index in [9.17, 15) is 22.8 Å². The molecule has 0 aliphatic carbocycles. The van der Waals surface area contributed by atoms with Crippen LogP contribution < -0.4 is 25.2 Å². The number of piperidine rings is 1. The molecule has 3 aromatic heterocycles. The molecule has 0 radical (unpaired) electrons. The number of pyridine rings is 2. The van der Waals surface area contributed by atoms with E-state index >= 15 is 4.39 Å². The molecule has 0 spiro atoms. The minimum Gasteiger partial charge on any atom is -0.497 e. The highest BCUT2D eigenvalue weighted by Crippen LogP contribution is 2.32. The van der Waals surface area contributed by atoms with Crippen LogP contribution in [0.15, 0.2) is 53.6 Å². The van der Waals surface area contributed by atoms with Gasteiger partial charge >= 0.3 is 12.2 Å². The van der Waals surface area contributed by atoms with Gasteiger partial charge in [-0.05, 0) is 36.2 Å². The number of aryl methyl sites for hydroxylation is 1. The SMILES string of the molecule is COc1ccc(Cn2nc(OC)c3cc(N4CCC(N(C)C(=O)Nc5cc(C(F)(F)F)cn(C)c5=O)[C@H](F)C4)cnc32)cc1. The van der Waals surface area contributed by atoms with Gasteiger partial charge in [0.25, 0.3) is 5.56 Å². The molecule has 11 nitrogen and oxygen atoms in total. The predicted molar refractivity (Wildman–Crippen MR) is 155 cm³/mol. The number of benzene rings is 1. The highest BCUT2D eigenvalue weighted by molar-refractivity contribution is 5.89. The van der Waals surface area contributed by atoms with E-state index in [1.54, 1.807) is 22.9 Å². The summed E-state index contributed by atoms with van der Waals surface area (Å²) in [4.78, 5) is 32.7. The largest absolute Gasteiger partial charge is 0.497 e. The van der Waals surface area contributed by atoms with Crippen molar-refractivity contribution < 1.29 is 31.8 Å². The van der Waals surface area contributed by atoms with Gasteiger partial charge in [-0.3, -0.25) is 4.79 Å². The van der Waals surface area contributed by atoms with E-state index < -0.39 is 41.2 Å². The van der Waals surface area contributed by atoms with Gasteiger partial charge in [-0.1, -0.05) is 12.1 Å². The number of hydrogen-bond donors (Lipinski definition) is 1. The third-order valence-electron chi connectivity index (χ3n) is 7.67. The fourth-order valence-corrected chi connectivity index (χ4v) is 5.23. The Morgan fingerprint density at radius 3 is 2.52 bits per heavy atom. The molecule has 1 fully saturated rings. The Kier molecular flexibility index (Phi) is 8.39. The van der Waals surface area contributed by atoms with Crippen LogP contribution in [-0.4, -0.2) is 76.8 Å². The second-order valence-corrected chi connectivity index (χ2v) is 10.5. The maximum atomic E-state index is 15.5. The Balaban J connectivity index is 1.28. The lowest BCUT2D eigenvalue weighted by Gasteiger charge is -2.39. The van der Waals surface area contributed by atoms with Crippen molar-refractivity contribution in [2.75, 3.05) is 44.6 Å². The van der Waals surface area contributed by atoms with Crippen molar-refractivity contribution in [2.24, 2.45) is 7.05 Å². The van der Waals surface area contributed by atoms with Crippen LogP contribution >= 0.6 is 0 Å². The number of amides is 2. The molecule has 1 unspecified atom stereocenters. The van der Waals surface area contributed by atoms with Crippen LogP contribution in [-0.2, 0) is 19.8 Å². The summed E-state index contributed by atoms with van der Waals surface area (Å²) in [5.41, 5.74) is -0.258. The first-order valence-corrected chi connectivity index (χ1v) is 13.6. The second kappa shape index (κ2) is 12.1. The van der Waals surface area contributed by atoms with Crippen LogP contribution in [0.5, 0.6) is 11.6 Å². The third kappa shape index (κ3) is 6.12. The van der Waals surface area contributed by atoms with Gasteiger partial charge in [0.2, 0.25) is 5.88 Å². The minimum atomic E-state index is -4.72. The van der Waals surface area contributed by atoms with Crippen molar-refractivity contribution in [3.05, 3.63) is 70.3 Å². The zero-order chi connectivity index (χ0) is 31.8. The number of nitrogens with zero attached hydrogens (tertiary/aromatic N) is 6. The fraction of sp³-hybridized carbons (Fsp3) is 0.379. The molecule has 1 aliphatic heterocycles. The van der Waals surface area contributed by atoms with Crippen molar-refractivity contribution in [2.45, 2.75) is 31.4 Å². The molecule has 15 heteroatoms. The van der Waals surface area contributed by atoms with Crippen LogP contribution in [0.4, 0.5) is 33.7 Å². The number of fused-ring (bicyclic) bond motifs is 1. The number of hydrogen-bond acceptors (Lipinski definition) is 7. The topological polar surface area (TPSA) is 107 Å². The van der Waals surface area contributed by atoms with E-state index in [-0.39, 0.29) is 13.0 Å². The van der Waals surface area contributed by atoms with E-state index in [2.05, 4.69) is 15.4 Å². The monoisotopic (exact) mass is 617 g/mol. The van der Waals surface area contributed by atoms with Crippen LogP contribution in [0.2, 0.25) is 0 Å². The van der Waals surface area contributed by atoms with E-state index in [1.165, 1.54) is 14.2 Å². The van der Waals surface area contributed by atoms with Gasteiger partial charge in [0.1, 0.15) is 17.6 Å². The Morgan fingerprint density at radius 1 is 1.16 bits per heavy atom. The lowest BCUT2D eigenvalue weighted by atomic mass is 10.0. The van der Waals surface area contributed by atoms with Crippen molar-refractivity contribution in [1.29, 1.82) is 0 Å². The van der Waals surface area contributed by atoms with Gasteiger partial charge in [-0.15, -0.1) is 5.10 Å². The summed E-state index contributed by atoms with van der Waals surface area (Å²) in [6.07, 6.45) is -3.73. The van der Waals surface area contributed by atoms with Crippen molar-refractivity contribution in [3.8, 4) is 11.6 Å². The lowest BCUT2D eigenvalue weighted by molar-refractivity contribution is -0.138. The zero-order valence-electron chi connectivity index (χ0n) is 24.4. The van der Waals surface area contributed by atoms with Crippen LogP contribution in [0, 0.1) is 0 Å². The number of nitrogens with one attached hydrogen (secondary N) is 1. The lowest BCUT2D eigenvalue weighted by Crippen LogP contribution is -2.54. The summed E-state index contributed by atoms with van der Waals surface area (Å²) in [6, 6.07) is 8.19. The summed E-state index contributed by atoms with van der Waals surface area (Å²) in [7, 11) is 5.60. The molecule has 1 aromatic carbocycles. The van der Waals surface area contributed by atoms with E-state index in [0.717, 1.165) is 27.8 Å². The number of methoxy groups -OCH3 is 2. The Morgan fingerprint density at radius 2 is 1.89 bits per heavy atom. The zero-order valence-corrected chi connectivity index (χ0v) is 24.4. The normalized spacial score (nSPS) is 17.0. The molecular weight excluding hydrogens is 586 g/mol. The smallest absolute Gasteiger partial charge is 0.417 e. The number of rotatable bonds is 7. The molecule has 0 bridgehead atoms. The summed E-state index contributed by atoms with van der Waals surface area (Å²) in [5.74, 6) is 1.11. The second-order valence-electron chi connectivity index (χ2n) is 10.5. The molecule has 1 saturated heterocycles. The number of anilines is 2. The number of halogens is 4. The number of alkyl halides is 4. The molecule has 2 atom stereocenters. The maximum absolute atomic E-state index is 15.5. The van der Waals surface area contributed by atoms with Crippen LogP contribution in [0.3, 0.4) is 0 Å². The summed E-state index contributed by atoms with van der Waals surface area (Å²) in [5, 5.41) is 7.40. The third-order valence-corrected chi connectivity index (χ3v) is 7.67. The predicted octanol–water partition coefficient (Wildman–Crippen LogP) is 4.30. The molecule has 0 saturated carbocycles. The summed E-state index contributed by atoms with van der Waals surface area (Å²) >= 11 is 0. The highest BCUT2D eigenvalue weighted by atomic mass is 19.4. The highest BCUT2D eigenvalue weighted by Gasteiger charge is 2.36. The molecule has 2 amide bonds. The van der Waals surface area contributed by atoms with Gasteiger partial charge in [0.05, 0.1) is 56.2 Å². The molecular formula is C29H31F4N7O4. The Bertz CT molecular complexity index is 1720. The number of carbonyl (C=O) groups is 1. The maximum Gasteiger partial charge on any atom is 0.417 e. The molecule has 1 N–H and O–H groups in total. The first-order valence-electron chi connectivity index (χ1n) is 13.6. The molecule has 4 aromatic rings. The quantitative estimate of drug-likeness (QED) is 0.309. The average Bonchev–Trinajstić information content (AvgIpc) is 3.35. The molecule has 44 heavy (non-hydrogen) atoms. The number of carbonyl (C=O) groups excluding carboxylic acids is 1. The van der Waals surface area contributed by atoms with E-state index in [1.807, 2.05) is 30.3 Å². The van der Waals surface area contributed by atoms with Crippen molar-refractivity contribution in [1.82, 2.24) is 24.2 Å². The number of aromatic nitrogens is 4. The van der Waals surface area contributed by atoms with Crippen LogP contribution in [0.1, 0.15) is 17.5 Å². The first-order chi connectivity index (χ1) is 20.9. The van der Waals surface area contributed by atoms with Gasteiger partial charge in [-0.25, -0.2) is 18.9 Å². The molecule has 1 aliphatic rings. The number of ether oxygens (including phenoxy) is 2. The summed E-state index contributed by atoms with van der Waals surface area (Å²) < 4.78 is 68.3. The summed E-state index contributed by atoms with van der Waals surface area (Å²) in [6.45, 7) is 0.738. The van der Waals surface area contributed by atoms with Gasteiger partial charge in [0.15, 0.2) is 5.65 Å². The van der Waals surface area contributed by atoms with Gasteiger partial charge < -0.3 is 29.2 Å². The van der Waals surface area contributed by atoms with Gasteiger partial charge in [0, 0.05) is 26.8 Å². The van der Waals surface area contributed by atoms with Crippen LogP contribution in [0.25, 0.3) is 11.0 Å². The minimum absolute atomic E-state index is 0.0664. The Hall–Kier alpha value is -4.82. The van der Waals surface area contributed by atoms with Gasteiger partial charge in [-0.2, -0.15) is 13.2 Å². The van der Waals surface area contributed by atoms with E-state index in [0.29, 0.717) is 48.0 Å². The average molecular weight is 618 g/mol. The standard InChI is InChI=1S/C29H31F4N7O4/c1-37-15-18(29(31,32)33)11-23(27(37)41)35-28(42)38(2)24-9-10-39(16-22(24)30)19-12-21-25(34-13-19)40(36-26(21)44-4)14-17-5-7-20(43-3)8-6-17/h5-8,11-13,15,22,24H,9-10,14,16H2,1-4H3,(H,35,42)/t22-,24?/m1/s1. The van der Waals surface area contributed by atoms with E-state index in [4.69, 9.17) is 9.47 Å². The first kappa shape index (κ1) is 30.6. The Labute approximate surface area is 249 Å². The number of urea groups is 1.